The molecule has 3 N–H and O–H groups in total. The van der Waals surface area contributed by atoms with E-state index in [1.165, 1.54) is 52.1 Å². The van der Waals surface area contributed by atoms with Gasteiger partial charge in [0.05, 0.1) is 30.0 Å². The number of aromatic nitrogens is 2. The average Bonchev–Trinajstić information content (AvgIpc) is 3.23. The van der Waals surface area contributed by atoms with Gasteiger partial charge in [-0.25, -0.2) is 13.5 Å². The zero-order chi connectivity index (χ0) is 28.0. The molecule has 39 heavy (non-hydrogen) atoms. The van der Waals surface area contributed by atoms with Gasteiger partial charge in [0.2, 0.25) is 0 Å². The Bertz CT molecular complexity index is 1290. The first kappa shape index (κ1) is 32.3. The second kappa shape index (κ2) is 14.5. The molecule has 0 aliphatic heterocycles. The fourth-order valence-corrected chi connectivity index (χ4v) is 4.07. The molecule has 204 valence electrons. The monoisotopic (exact) mass is 551 g/mol. The molecule has 11 heteroatoms. The summed E-state index contributed by atoms with van der Waals surface area (Å²) in [5.41, 5.74) is 2.42. The van der Waals surface area contributed by atoms with Gasteiger partial charge in [-0.05, 0) is 54.0 Å². The quantitative estimate of drug-likeness (QED) is 0.314. The third-order valence-corrected chi connectivity index (χ3v) is 5.89. The number of carbonyl (C=O) groups is 2. The van der Waals surface area contributed by atoms with E-state index in [1.807, 2.05) is 13.8 Å². The number of hydrogen-bond acceptors (Lipinski definition) is 5. The number of hydrogen-bond donors (Lipinski definition) is 3. The van der Waals surface area contributed by atoms with E-state index in [0.29, 0.717) is 16.9 Å². The van der Waals surface area contributed by atoms with Crippen molar-refractivity contribution < 1.29 is 33.7 Å². The number of carboxylic acid groups (broad SMARTS) is 1. The normalized spacial score (nSPS) is 12.8. The molecule has 0 aliphatic carbocycles. The summed E-state index contributed by atoms with van der Waals surface area (Å²) in [6.07, 6.45) is -0.159. The first-order valence-electron chi connectivity index (χ1n) is 12.1. The molecule has 0 fully saturated rings. The molecule has 1 heterocycles. The summed E-state index contributed by atoms with van der Waals surface area (Å²) >= 11 is 0. The summed E-state index contributed by atoms with van der Waals surface area (Å²) in [6, 6.07) is 11.4. The first-order valence-corrected chi connectivity index (χ1v) is 12.1. The molecule has 3 aromatic rings. The van der Waals surface area contributed by atoms with Gasteiger partial charge in [-0.3, -0.25) is 9.59 Å². The Morgan fingerprint density at radius 2 is 1.59 bits per heavy atom. The van der Waals surface area contributed by atoms with Crippen molar-refractivity contribution in [3.63, 3.8) is 0 Å². The number of carbonyl (C=O) groups excluding carboxylic acids is 1. The van der Waals surface area contributed by atoms with E-state index < -0.39 is 30.4 Å². The Morgan fingerprint density at radius 3 is 2.13 bits per heavy atom. The van der Waals surface area contributed by atoms with Crippen LogP contribution in [0.15, 0.2) is 54.6 Å². The molecule has 2 atom stereocenters. The topological polar surface area (TPSA) is 116 Å². The second-order valence-electron chi connectivity index (χ2n) is 9.39. The minimum absolute atomic E-state index is 0. The van der Waals surface area contributed by atoms with Crippen LogP contribution in [0, 0.1) is 11.6 Å². The Hall–Kier alpha value is -2.89. The molecule has 3 rings (SSSR count). The number of benzene rings is 2. The van der Waals surface area contributed by atoms with E-state index in [0.717, 1.165) is 5.56 Å². The Labute approximate surface area is 247 Å². The van der Waals surface area contributed by atoms with E-state index in [1.54, 1.807) is 25.3 Å². The van der Waals surface area contributed by atoms with E-state index in [9.17, 15) is 28.6 Å². The fraction of sp³-hybridized carbons (Fsp3) is 0.321. The summed E-state index contributed by atoms with van der Waals surface area (Å²) in [5.74, 6) is -2.57. The van der Waals surface area contributed by atoms with Crippen LogP contribution >= 0.6 is 0 Å². The molecular formula is C28H32F2N3NaO5. The summed E-state index contributed by atoms with van der Waals surface area (Å²) in [7, 11) is 1.61. The van der Waals surface area contributed by atoms with Crippen LogP contribution in [0.1, 0.15) is 59.9 Å². The zero-order valence-electron chi connectivity index (χ0n) is 21.4. The third-order valence-electron chi connectivity index (χ3n) is 5.89. The number of aliphatic hydroxyl groups is 2. The number of amides is 1. The fourth-order valence-electron chi connectivity index (χ4n) is 4.07. The molecule has 0 unspecified atom stereocenters. The molecule has 0 radical (unpaired) electrons. The van der Waals surface area contributed by atoms with Crippen molar-refractivity contribution in [2.45, 2.75) is 51.4 Å². The Kier molecular flexibility index (Phi) is 12.0. The van der Waals surface area contributed by atoms with Crippen molar-refractivity contribution in [1.29, 1.82) is 0 Å². The van der Waals surface area contributed by atoms with Crippen molar-refractivity contribution in [3.05, 3.63) is 88.8 Å². The average molecular weight is 552 g/mol. The van der Waals surface area contributed by atoms with Gasteiger partial charge in [0.1, 0.15) is 11.6 Å². The van der Waals surface area contributed by atoms with Gasteiger partial charge in [0.25, 0.3) is 5.91 Å². The van der Waals surface area contributed by atoms with Crippen LogP contribution < -0.4 is 0 Å². The van der Waals surface area contributed by atoms with Crippen molar-refractivity contribution >= 4 is 47.5 Å². The van der Waals surface area contributed by atoms with Gasteiger partial charge < -0.3 is 20.2 Å². The molecule has 8 nitrogen and oxygen atoms in total. The molecule has 1 amide bonds. The van der Waals surface area contributed by atoms with Crippen LogP contribution in [0.2, 0.25) is 0 Å². The van der Waals surface area contributed by atoms with Gasteiger partial charge >= 0.3 is 35.5 Å². The number of rotatable bonds is 11. The van der Waals surface area contributed by atoms with Crippen LogP contribution in [0.5, 0.6) is 0 Å². The summed E-state index contributed by atoms with van der Waals surface area (Å²) in [5, 5.41) is 33.7. The molecule has 0 spiro atoms. The SMILES string of the molecule is CC(C)c1c(C(=O)N(C)Cc2ccc(F)cc2)nn(-c2ccc(F)cc2)c1/C=C/[C@H](O)C[C@@H](O)CC(=O)O.[NaH]. The Morgan fingerprint density at radius 1 is 1.03 bits per heavy atom. The van der Waals surface area contributed by atoms with Crippen LogP contribution in [0.4, 0.5) is 8.78 Å². The van der Waals surface area contributed by atoms with Crippen molar-refractivity contribution in [3.8, 4) is 5.69 Å². The van der Waals surface area contributed by atoms with Crippen molar-refractivity contribution in [2.75, 3.05) is 7.05 Å². The zero-order valence-corrected chi connectivity index (χ0v) is 21.4. The third kappa shape index (κ3) is 8.81. The van der Waals surface area contributed by atoms with E-state index in [-0.39, 0.29) is 65.9 Å². The molecule has 1 aromatic heterocycles. The molecule has 0 bridgehead atoms. The maximum atomic E-state index is 13.6. The number of carboxylic acids is 1. The number of halogens is 2. The van der Waals surface area contributed by atoms with Gasteiger partial charge in [0, 0.05) is 25.6 Å². The molecule has 0 saturated carbocycles. The summed E-state index contributed by atoms with van der Waals surface area (Å²) < 4.78 is 28.4. The Balaban J connectivity index is 0.00000533. The van der Waals surface area contributed by atoms with Crippen LogP contribution in [-0.4, -0.2) is 90.7 Å². The van der Waals surface area contributed by atoms with Gasteiger partial charge in [0.15, 0.2) is 5.69 Å². The van der Waals surface area contributed by atoms with Gasteiger partial charge in [-0.15, -0.1) is 0 Å². The van der Waals surface area contributed by atoms with Crippen LogP contribution in [0.3, 0.4) is 0 Å². The van der Waals surface area contributed by atoms with Crippen molar-refractivity contribution in [2.24, 2.45) is 0 Å². The standard InChI is InChI=1S/C28H31F2N3O5.Na.H/c1-17(2)26-24(13-12-22(34)14-23(35)15-25(36)37)33(21-10-8-20(30)9-11-21)31-27(26)28(38)32(3)16-18-4-6-19(29)7-5-18;;/h4-13,17,22-23,34-35H,14-16H2,1-3H3,(H,36,37);;/b13-12+;;/t22-,23+;;/m0../s1. The molecule has 0 aliphatic rings. The molecular weight excluding hydrogens is 519 g/mol. The summed E-state index contributed by atoms with van der Waals surface area (Å²) in [4.78, 5) is 25.8. The van der Waals surface area contributed by atoms with E-state index in [2.05, 4.69) is 5.10 Å². The molecule has 2 aromatic carbocycles. The molecule has 0 saturated heterocycles. The van der Waals surface area contributed by atoms with E-state index >= 15 is 0 Å². The minimum atomic E-state index is -1.24. The predicted molar refractivity (Wildman–Crippen MR) is 145 cm³/mol. The van der Waals surface area contributed by atoms with E-state index in [4.69, 9.17) is 5.11 Å². The summed E-state index contributed by atoms with van der Waals surface area (Å²) in [6.45, 7) is 3.98. The number of aliphatic carboxylic acids is 1. The number of nitrogens with zero attached hydrogens (tertiary/aromatic N) is 3. The predicted octanol–water partition coefficient (Wildman–Crippen LogP) is 3.50. The first-order chi connectivity index (χ1) is 18.0. The second-order valence-corrected chi connectivity index (χ2v) is 9.39. The van der Waals surface area contributed by atoms with Crippen LogP contribution in [-0.2, 0) is 11.3 Å². The van der Waals surface area contributed by atoms with Crippen LogP contribution in [0.25, 0.3) is 11.8 Å². The maximum absolute atomic E-state index is 13.6. The van der Waals surface area contributed by atoms with Crippen molar-refractivity contribution in [1.82, 2.24) is 14.7 Å². The number of aliphatic hydroxyl groups excluding tert-OH is 2. The van der Waals surface area contributed by atoms with Gasteiger partial charge in [-0.2, -0.15) is 5.10 Å². The van der Waals surface area contributed by atoms with Gasteiger partial charge in [-0.1, -0.05) is 32.1 Å².